The summed E-state index contributed by atoms with van der Waals surface area (Å²) in [5, 5.41) is 2.84. The zero-order valence-electron chi connectivity index (χ0n) is 24.6. The van der Waals surface area contributed by atoms with E-state index in [1.165, 1.54) is 72.3 Å². The molecule has 1 saturated carbocycles. The van der Waals surface area contributed by atoms with Gasteiger partial charge < -0.3 is 4.57 Å². The van der Waals surface area contributed by atoms with Gasteiger partial charge in [-0.25, -0.2) is 0 Å². The van der Waals surface area contributed by atoms with E-state index in [2.05, 4.69) is 112 Å². The van der Waals surface area contributed by atoms with Crippen molar-refractivity contribution in [2.45, 2.75) is 87.8 Å². The Morgan fingerprint density at radius 2 is 1.41 bits per heavy atom. The molecule has 0 saturated heterocycles. The van der Waals surface area contributed by atoms with Gasteiger partial charge in [-0.2, -0.15) is 0 Å². The van der Waals surface area contributed by atoms with Crippen LogP contribution in [0.3, 0.4) is 0 Å². The van der Waals surface area contributed by atoms with Gasteiger partial charge in [0.15, 0.2) is 0 Å². The smallest absolute Gasteiger partial charge is 0.0500 e. The second kappa shape index (κ2) is 9.89. The van der Waals surface area contributed by atoms with Gasteiger partial charge in [0.2, 0.25) is 0 Å². The summed E-state index contributed by atoms with van der Waals surface area (Å²) >= 11 is 1.95. The van der Waals surface area contributed by atoms with E-state index in [0.717, 1.165) is 6.42 Å². The molecule has 7 rings (SSSR count). The van der Waals surface area contributed by atoms with E-state index >= 15 is 0 Å². The zero-order chi connectivity index (χ0) is 27.5. The lowest BCUT2D eigenvalue weighted by molar-refractivity contribution is 0.628. The van der Waals surface area contributed by atoms with Crippen LogP contribution in [-0.2, 0) is 18.9 Å². The molecule has 0 radical (unpaired) electrons. The number of hydrogen-bond donors (Lipinski definition) is 0. The van der Waals surface area contributed by atoms with Crippen LogP contribution < -0.4 is 0 Å². The first kappa shape index (κ1) is 26.3. The molecule has 200 valence electrons. The summed E-state index contributed by atoms with van der Waals surface area (Å²) in [5.74, 6) is 1.20. The van der Waals surface area contributed by atoms with Crippen molar-refractivity contribution in [1.82, 2.24) is 4.57 Å². The fraction of sp³-hybridized carbons (Fsp3) is 0.351. The van der Waals surface area contributed by atoms with Crippen LogP contribution in [0.15, 0.2) is 82.6 Å². The largest absolute Gasteiger partial charge is 0.344 e. The normalized spacial score (nSPS) is 16.8. The van der Waals surface area contributed by atoms with Crippen molar-refractivity contribution in [3.8, 4) is 0 Å². The van der Waals surface area contributed by atoms with Crippen molar-refractivity contribution < 1.29 is 0 Å². The predicted octanol–water partition coefficient (Wildman–Crippen LogP) is 10.7. The molecule has 2 heterocycles. The van der Waals surface area contributed by atoms with E-state index in [0.29, 0.717) is 11.8 Å². The first-order valence-electron chi connectivity index (χ1n) is 14.7. The molecule has 1 aromatic heterocycles. The summed E-state index contributed by atoms with van der Waals surface area (Å²) in [5.41, 5.74) is 11.5. The topological polar surface area (TPSA) is 4.93 Å². The van der Waals surface area contributed by atoms with Crippen LogP contribution in [0, 0.1) is 6.92 Å². The molecule has 0 amide bonds. The highest BCUT2D eigenvalue weighted by atomic mass is 32.2. The molecule has 0 bridgehead atoms. The summed E-state index contributed by atoms with van der Waals surface area (Å²) in [6.07, 6.45) is 3.73. The third-order valence-electron chi connectivity index (χ3n) is 9.07. The number of nitrogens with zero attached hydrogens (tertiary/aromatic N) is 1. The molecule has 5 aromatic rings. The molecule has 1 atom stereocenters. The molecular weight excluding hydrogens is 490 g/mol. The van der Waals surface area contributed by atoms with Crippen molar-refractivity contribution in [3.63, 3.8) is 0 Å². The van der Waals surface area contributed by atoms with Crippen molar-refractivity contribution in [1.29, 1.82) is 0 Å². The van der Waals surface area contributed by atoms with Crippen LogP contribution in [0.4, 0.5) is 0 Å². The molecule has 4 aromatic carbocycles. The Morgan fingerprint density at radius 3 is 2.13 bits per heavy atom. The van der Waals surface area contributed by atoms with Gasteiger partial charge in [0.1, 0.15) is 0 Å². The molecular formula is C37H41NS. The summed E-state index contributed by atoms with van der Waals surface area (Å²) < 4.78 is 2.45. The van der Waals surface area contributed by atoms with Gasteiger partial charge in [-0.05, 0) is 102 Å². The Bertz CT molecular complexity index is 1700. The zero-order valence-corrected chi connectivity index (χ0v) is 25.4. The molecule has 1 aliphatic carbocycles. The van der Waals surface area contributed by atoms with Crippen molar-refractivity contribution in [2.75, 3.05) is 0 Å². The molecule has 0 N–H and O–H groups in total. The first-order valence-corrected chi connectivity index (χ1v) is 15.6. The highest BCUT2D eigenvalue weighted by molar-refractivity contribution is 7.99. The van der Waals surface area contributed by atoms with Gasteiger partial charge in [-0.3, -0.25) is 0 Å². The second-order valence-corrected chi connectivity index (χ2v) is 13.0. The maximum atomic E-state index is 2.57. The average Bonchev–Trinajstić information content (AvgIpc) is 3.77. The molecule has 39 heavy (non-hydrogen) atoms. The van der Waals surface area contributed by atoms with E-state index in [4.69, 9.17) is 0 Å². The van der Waals surface area contributed by atoms with Crippen molar-refractivity contribution >= 4 is 33.6 Å². The Kier molecular flexibility index (Phi) is 6.66. The van der Waals surface area contributed by atoms with Gasteiger partial charge in [-0.15, -0.1) is 0 Å². The third-order valence-corrected chi connectivity index (χ3v) is 10.3. The van der Waals surface area contributed by atoms with Gasteiger partial charge in [0, 0.05) is 44.1 Å². The predicted molar refractivity (Wildman–Crippen MR) is 170 cm³/mol. The van der Waals surface area contributed by atoms with E-state index in [-0.39, 0.29) is 5.41 Å². The lowest BCUT2D eigenvalue weighted by Gasteiger charge is -2.30. The number of aryl methyl sites for hydroxylation is 2. The van der Waals surface area contributed by atoms with Crippen LogP contribution in [0.1, 0.15) is 92.7 Å². The lowest BCUT2D eigenvalue weighted by Crippen LogP contribution is -2.22. The maximum absolute atomic E-state index is 2.57. The fourth-order valence-electron chi connectivity index (χ4n) is 6.80. The molecule has 2 aliphatic rings. The number of fused-ring (bicyclic) bond motifs is 5. The van der Waals surface area contributed by atoms with E-state index in [1.54, 1.807) is 5.56 Å². The summed E-state index contributed by atoms with van der Waals surface area (Å²) in [4.78, 5) is 2.82. The molecule has 0 spiro atoms. The summed E-state index contributed by atoms with van der Waals surface area (Å²) in [7, 11) is 2.26. The van der Waals surface area contributed by atoms with E-state index < -0.39 is 0 Å². The second-order valence-electron chi connectivity index (χ2n) is 12.0. The standard InChI is InChI=1S/C35H35NS.C2H6/c1-21-10-6-8-12-29(21)35(3,4)30-19-31-28(18-26(30)23-14-15-23)27-17-25-22(2)16-24-11-7-9-13-33(24)37-34(25)20-32(27)36(31)5;1-2/h6-13,17-20,22-23H,14-16H2,1-5H3;1-2H3. The number of aromatic nitrogens is 1. The lowest BCUT2D eigenvalue weighted by atomic mass is 9.73. The Labute approximate surface area is 238 Å². The quantitative estimate of drug-likeness (QED) is 0.224. The number of rotatable bonds is 3. The minimum atomic E-state index is -0.0425. The molecule has 2 heteroatoms. The number of hydrogen-bond acceptors (Lipinski definition) is 1. The van der Waals surface area contributed by atoms with Crippen molar-refractivity contribution in [3.05, 3.63) is 106 Å². The SMILES string of the molecule is CC.Cc1ccccc1C(C)(C)c1cc2c(cc1C1CC1)c1cc3c(cc1n2C)Sc1ccccc1CC3C. The highest BCUT2D eigenvalue weighted by Crippen LogP contribution is 2.50. The number of benzene rings is 4. The average molecular weight is 532 g/mol. The van der Waals surface area contributed by atoms with Crippen LogP contribution in [-0.4, -0.2) is 4.57 Å². The Hall–Kier alpha value is -2.97. The minimum Gasteiger partial charge on any atom is -0.344 e. The first-order chi connectivity index (χ1) is 18.8. The Balaban J connectivity index is 0.00000135. The van der Waals surface area contributed by atoms with Gasteiger partial charge in [0.25, 0.3) is 0 Å². The van der Waals surface area contributed by atoms with E-state index in [1.807, 2.05) is 25.6 Å². The van der Waals surface area contributed by atoms with Gasteiger partial charge in [-0.1, -0.05) is 88.8 Å². The summed E-state index contributed by atoms with van der Waals surface area (Å²) in [6, 6.07) is 28.0. The van der Waals surface area contributed by atoms with Crippen molar-refractivity contribution in [2.24, 2.45) is 7.05 Å². The van der Waals surface area contributed by atoms with Crippen LogP contribution in [0.2, 0.25) is 0 Å². The van der Waals surface area contributed by atoms with Gasteiger partial charge in [0.05, 0.1) is 0 Å². The fourth-order valence-corrected chi connectivity index (χ4v) is 8.02. The molecule has 1 nitrogen and oxygen atoms in total. The highest BCUT2D eigenvalue weighted by Gasteiger charge is 2.34. The molecule has 1 fully saturated rings. The third kappa shape index (κ3) is 4.32. The molecule has 1 unspecified atom stereocenters. The van der Waals surface area contributed by atoms with Crippen LogP contribution in [0.25, 0.3) is 21.8 Å². The van der Waals surface area contributed by atoms with Crippen LogP contribution in [0.5, 0.6) is 0 Å². The molecule has 1 aliphatic heterocycles. The van der Waals surface area contributed by atoms with Crippen LogP contribution >= 0.6 is 11.8 Å². The monoisotopic (exact) mass is 531 g/mol. The summed E-state index contributed by atoms with van der Waals surface area (Å²) in [6.45, 7) is 13.5. The maximum Gasteiger partial charge on any atom is 0.0500 e. The van der Waals surface area contributed by atoms with Gasteiger partial charge >= 0.3 is 0 Å². The van der Waals surface area contributed by atoms with E-state index in [9.17, 15) is 0 Å². The Morgan fingerprint density at radius 1 is 0.769 bits per heavy atom. The minimum absolute atomic E-state index is 0.0425.